The number of hydrogen-bond donors (Lipinski definition) is 2. The first kappa shape index (κ1) is 18.3. The van der Waals surface area contributed by atoms with Gasteiger partial charge in [0.15, 0.2) is 0 Å². The van der Waals surface area contributed by atoms with Crippen molar-refractivity contribution in [3.8, 4) is 5.69 Å². The number of hydrogen-bond acceptors (Lipinski definition) is 5. The summed E-state index contributed by atoms with van der Waals surface area (Å²) in [4.78, 5) is 35.8. The van der Waals surface area contributed by atoms with Crippen molar-refractivity contribution in [3.63, 3.8) is 0 Å². The Hall–Kier alpha value is -3.03. The number of nitrogens with zero attached hydrogens (tertiary/aromatic N) is 2. The molecule has 0 aliphatic carbocycles. The topological polar surface area (TPSA) is 108 Å². The maximum absolute atomic E-state index is 12.8. The van der Waals surface area contributed by atoms with E-state index in [1.165, 1.54) is 11.8 Å². The third-order valence-electron chi connectivity index (χ3n) is 4.04. The average Bonchev–Trinajstić information content (AvgIpc) is 2.81. The number of amides is 1. The Morgan fingerprint density at radius 1 is 1.28 bits per heavy atom. The molecule has 0 bridgehead atoms. The van der Waals surface area contributed by atoms with E-state index >= 15 is 0 Å². The van der Waals surface area contributed by atoms with Crippen LogP contribution in [-0.2, 0) is 21.4 Å². The summed E-state index contributed by atoms with van der Waals surface area (Å²) in [7, 11) is 3.01. The van der Waals surface area contributed by atoms with Crippen molar-refractivity contribution in [2.45, 2.75) is 25.8 Å². The fourth-order valence-corrected chi connectivity index (χ4v) is 2.59. The molecule has 0 aliphatic rings. The molecule has 2 aromatic rings. The molecule has 1 heterocycles. The number of benzene rings is 1. The molecule has 3 N–H and O–H groups in total. The summed E-state index contributed by atoms with van der Waals surface area (Å²) in [6.07, 6.45) is 0.145. The van der Waals surface area contributed by atoms with Crippen molar-refractivity contribution in [2.24, 2.45) is 12.8 Å². The van der Waals surface area contributed by atoms with E-state index in [1.807, 2.05) is 30.3 Å². The van der Waals surface area contributed by atoms with Gasteiger partial charge in [0.05, 0.1) is 18.5 Å². The number of esters is 1. The molecule has 25 heavy (non-hydrogen) atoms. The lowest BCUT2D eigenvalue weighted by molar-refractivity contribution is -0.141. The second-order valence-electron chi connectivity index (χ2n) is 5.66. The summed E-state index contributed by atoms with van der Waals surface area (Å²) in [5, 5.41) is 2.92. The number of nitrogens with one attached hydrogen (secondary N) is 1. The molecule has 0 radical (unpaired) electrons. The van der Waals surface area contributed by atoms with E-state index in [0.717, 1.165) is 0 Å². The highest BCUT2D eigenvalue weighted by atomic mass is 16.5. The number of rotatable bonds is 7. The lowest BCUT2D eigenvalue weighted by Crippen LogP contribution is -2.34. The van der Waals surface area contributed by atoms with Crippen molar-refractivity contribution in [2.75, 3.05) is 12.4 Å². The number of nitrogens with two attached hydrogens (primary N) is 1. The van der Waals surface area contributed by atoms with Crippen LogP contribution >= 0.6 is 0 Å². The van der Waals surface area contributed by atoms with E-state index in [9.17, 15) is 14.4 Å². The van der Waals surface area contributed by atoms with Gasteiger partial charge in [-0.25, -0.2) is 9.48 Å². The van der Waals surface area contributed by atoms with Crippen molar-refractivity contribution < 1.29 is 14.3 Å². The van der Waals surface area contributed by atoms with Gasteiger partial charge in [-0.05, 0) is 25.5 Å². The number of carbonyl (C=O) groups excluding carboxylic acids is 2. The van der Waals surface area contributed by atoms with Crippen LogP contribution in [0.4, 0.5) is 5.69 Å². The van der Waals surface area contributed by atoms with Crippen LogP contribution in [0.1, 0.15) is 18.5 Å². The summed E-state index contributed by atoms with van der Waals surface area (Å²) in [5.41, 5.74) is 6.50. The molecule has 0 spiro atoms. The van der Waals surface area contributed by atoms with Crippen LogP contribution in [0.25, 0.3) is 5.69 Å². The van der Waals surface area contributed by atoms with E-state index in [4.69, 9.17) is 10.5 Å². The Kier molecular flexibility index (Phi) is 5.63. The number of carbonyl (C=O) groups is 2. The largest absolute Gasteiger partial charge is 0.467 e. The molecule has 134 valence electrons. The molecule has 1 aromatic heterocycles. The molecule has 1 amide bonds. The predicted molar refractivity (Wildman–Crippen MR) is 93.6 cm³/mol. The zero-order valence-corrected chi connectivity index (χ0v) is 14.5. The van der Waals surface area contributed by atoms with E-state index in [1.54, 1.807) is 18.7 Å². The zero-order valence-electron chi connectivity index (χ0n) is 14.5. The van der Waals surface area contributed by atoms with Gasteiger partial charge in [-0.2, -0.15) is 0 Å². The quantitative estimate of drug-likeness (QED) is 0.718. The van der Waals surface area contributed by atoms with Crippen molar-refractivity contribution >= 4 is 17.6 Å². The fourth-order valence-electron chi connectivity index (χ4n) is 2.59. The van der Waals surface area contributed by atoms with Crippen LogP contribution in [-0.4, -0.2) is 34.4 Å². The maximum atomic E-state index is 12.8. The minimum absolute atomic E-state index is 0.00548. The second kappa shape index (κ2) is 7.69. The van der Waals surface area contributed by atoms with Gasteiger partial charge in [0.2, 0.25) is 5.91 Å². The highest BCUT2D eigenvalue weighted by molar-refractivity contribution is 5.81. The average molecular weight is 346 g/mol. The van der Waals surface area contributed by atoms with Crippen LogP contribution in [0, 0.1) is 6.92 Å². The first-order valence-corrected chi connectivity index (χ1v) is 7.83. The first-order chi connectivity index (χ1) is 11.9. The number of ether oxygens (including phenoxy) is 1. The van der Waals surface area contributed by atoms with Gasteiger partial charge in [0.25, 0.3) is 5.56 Å². The van der Waals surface area contributed by atoms with Crippen molar-refractivity contribution in [1.82, 2.24) is 9.36 Å². The number of aromatic nitrogens is 2. The minimum Gasteiger partial charge on any atom is -0.467 e. The Labute approximate surface area is 145 Å². The van der Waals surface area contributed by atoms with Gasteiger partial charge < -0.3 is 15.8 Å². The lowest BCUT2D eigenvalue weighted by Gasteiger charge is -2.16. The fraction of sp³-hybridized carbons (Fsp3) is 0.353. The number of para-hydroxylation sites is 1. The Morgan fingerprint density at radius 2 is 1.92 bits per heavy atom. The second-order valence-corrected chi connectivity index (χ2v) is 5.66. The number of anilines is 1. The van der Waals surface area contributed by atoms with Gasteiger partial charge in [-0.1, -0.05) is 18.2 Å². The lowest BCUT2D eigenvalue weighted by atomic mass is 10.1. The van der Waals surface area contributed by atoms with Crippen molar-refractivity contribution in [3.05, 3.63) is 46.4 Å². The molecule has 0 unspecified atom stereocenters. The molecule has 0 fully saturated rings. The van der Waals surface area contributed by atoms with E-state index in [2.05, 4.69) is 5.32 Å². The molecule has 0 saturated heterocycles. The number of methoxy groups -OCH3 is 1. The highest BCUT2D eigenvalue weighted by Crippen LogP contribution is 2.16. The molecular weight excluding hydrogens is 324 g/mol. The number of primary amides is 1. The smallest absolute Gasteiger partial charge is 0.328 e. The molecule has 1 atom stereocenters. The summed E-state index contributed by atoms with van der Waals surface area (Å²) < 4.78 is 7.95. The van der Waals surface area contributed by atoms with Gasteiger partial charge in [-0.3, -0.25) is 14.3 Å². The van der Waals surface area contributed by atoms with E-state index < -0.39 is 17.9 Å². The molecule has 2 rings (SSSR count). The Bertz CT molecular complexity index is 823. The normalized spacial score (nSPS) is 11.8. The predicted octanol–water partition coefficient (Wildman–Crippen LogP) is 0.703. The SMILES string of the molecule is COC(=O)[C@@H](CCC(N)=O)Nc1c(C)n(C)n(-c2ccccc2)c1=O. The van der Waals surface area contributed by atoms with E-state index in [-0.39, 0.29) is 24.1 Å². The van der Waals surface area contributed by atoms with Crippen LogP contribution < -0.4 is 16.6 Å². The van der Waals surface area contributed by atoms with Gasteiger partial charge in [0.1, 0.15) is 11.7 Å². The Balaban J connectivity index is 2.40. The summed E-state index contributed by atoms with van der Waals surface area (Å²) in [6.45, 7) is 1.77. The Morgan fingerprint density at radius 3 is 2.48 bits per heavy atom. The molecule has 1 aromatic carbocycles. The third kappa shape index (κ3) is 3.90. The monoisotopic (exact) mass is 346 g/mol. The van der Waals surface area contributed by atoms with Gasteiger partial charge in [0, 0.05) is 13.5 Å². The third-order valence-corrected chi connectivity index (χ3v) is 4.04. The molecular formula is C17H22N4O4. The molecule has 8 heteroatoms. The first-order valence-electron chi connectivity index (χ1n) is 7.83. The van der Waals surface area contributed by atoms with Gasteiger partial charge in [-0.15, -0.1) is 0 Å². The standard InChI is InChI=1S/C17H22N4O4/c1-11-15(19-13(17(24)25-3)9-10-14(18)22)16(23)21(20(11)2)12-7-5-4-6-8-12/h4-8,13,19H,9-10H2,1-3H3,(H2,18,22)/t13-/m1/s1. The zero-order chi connectivity index (χ0) is 18.6. The maximum Gasteiger partial charge on any atom is 0.328 e. The van der Waals surface area contributed by atoms with Crippen molar-refractivity contribution in [1.29, 1.82) is 0 Å². The minimum atomic E-state index is -0.837. The van der Waals surface area contributed by atoms with Gasteiger partial charge >= 0.3 is 5.97 Å². The summed E-state index contributed by atoms with van der Waals surface area (Å²) >= 11 is 0. The molecule has 8 nitrogen and oxygen atoms in total. The van der Waals surface area contributed by atoms with Crippen LogP contribution in [0.15, 0.2) is 35.1 Å². The van der Waals surface area contributed by atoms with Crippen LogP contribution in [0.3, 0.4) is 0 Å². The van der Waals surface area contributed by atoms with Crippen LogP contribution in [0.5, 0.6) is 0 Å². The van der Waals surface area contributed by atoms with Crippen LogP contribution in [0.2, 0.25) is 0 Å². The summed E-state index contributed by atoms with van der Waals surface area (Å²) in [5.74, 6) is -1.09. The van der Waals surface area contributed by atoms with E-state index in [0.29, 0.717) is 11.4 Å². The molecule has 0 saturated carbocycles. The highest BCUT2D eigenvalue weighted by Gasteiger charge is 2.24. The summed E-state index contributed by atoms with van der Waals surface area (Å²) in [6, 6.07) is 8.32. The molecule has 0 aliphatic heterocycles.